The fourth-order valence-electron chi connectivity index (χ4n) is 3.34. The second-order valence-corrected chi connectivity index (χ2v) is 9.87. The fourth-order valence-corrected chi connectivity index (χ4v) is 4.61. The lowest BCUT2D eigenvalue weighted by molar-refractivity contribution is 0.457. The number of aromatic nitrogens is 2. The largest absolute Gasteiger partial charge is 0.438 e. The van der Waals surface area contributed by atoms with Crippen molar-refractivity contribution in [3.63, 3.8) is 0 Å². The second-order valence-electron chi connectivity index (χ2n) is 7.51. The molecular formula is C25H18ClN3O4S. The van der Waals surface area contributed by atoms with Gasteiger partial charge in [0.05, 0.1) is 4.90 Å². The fraction of sp³-hybridized carbons (Fsp3) is 0.0800. The van der Waals surface area contributed by atoms with Crippen LogP contribution < -0.4 is 10.3 Å². The molecule has 4 rings (SSSR count). The van der Waals surface area contributed by atoms with Crippen LogP contribution in [0.3, 0.4) is 0 Å². The molecule has 0 fully saturated rings. The minimum atomic E-state index is -4.23. The first kappa shape index (κ1) is 23.2. The van der Waals surface area contributed by atoms with E-state index in [-0.39, 0.29) is 16.3 Å². The summed E-state index contributed by atoms with van der Waals surface area (Å²) in [5, 5.41) is 10.1. The molecule has 2 aromatic heterocycles. The van der Waals surface area contributed by atoms with E-state index in [1.807, 2.05) is 26.0 Å². The van der Waals surface area contributed by atoms with Crippen LogP contribution in [-0.2, 0) is 9.84 Å². The molecule has 7 nitrogen and oxygen atoms in total. The molecule has 0 amide bonds. The number of allylic oxidation sites excluding steroid dienone is 1. The summed E-state index contributed by atoms with van der Waals surface area (Å²) in [5.41, 5.74) is 1.39. The van der Waals surface area contributed by atoms with Crippen molar-refractivity contribution >= 4 is 33.2 Å². The van der Waals surface area contributed by atoms with Gasteiger partial charge < -0.3 is 4.74 Å². The lowest BCUT2D eigenvalue weighted by atomic mass is 10.1. The number of ether oxygens (including phenoxy) is 1. The molecule has 0 unspecified atom stereocenters. The molecule has 4 aromatic rings. The van der Waals surface area contributed by atoms with Crippen molar-refractivity contribution in [1.82, 2.24) is 9.38 Å². The molecule has 0 spiro atoms. The Morgan fingerprint density at radius 1 is 1.12 bits per heavy atom. The standard InChI is InChI=1S/C25H18ClN3O4S/c1-16-6-11-22(17(2)13-16)33-24-21(25(30)29-12-4-3-5-23(29)28-24)14-20(15-27)34(31,32)19-9-7-18(26)8-10-19/h3-14H,1-2H3. The SMILES string of the molecule is Cc1ccc(Oc2nc3ccccn3c(=O)c2C=C(C#N)S(=O)(=O)c2ccc(Cl)cc2)c(C)c1. The molecule has 2 aromatic carbocycles. The number of benzene rings is 2. The van der Waals surface area contributed by atoms with Gasteiger partial charge >= 0.3 is 0 Å². The normalized spacial score (nSPS) is 11.9. The van der Waals surface area contributed by atoms with Crippen molar-refractivity contribution in [3.8, 4) is 17.7 Å². The minimum Gasteiger partial charge on any atom is -0.438 e. The molecule has 0 N–H and O–H groups in total. The maximum absolute atomic E-state index is 13.3. The summed E-state index contributed by atoms with van der Waals surface area (Å²) in [6.07, 6.45) is 2.50. The maximum Gasteiger partial charge on any atom is 0.269 e. The first-order chi connectivity index (χ1) is 16.2. The van der Waals surface area contributed by atoms with E-state index >= 15 is 0 Å². The van der Waals surface area contributed by atoms with Gasteiger partial charge in [0.25, 0.3) is 5.56 Å². The van der Waals surface area contributed by atoms with E-state index in [1.54, 1.807) is 30.3 Å². The van der Waals surface area contributed by atoms with Crippen LogP contribution in [0.2, 0.25) is 5.02 Å². The minimum absolute atomic E-state index is 0.109. The molecule has 0 aliphatic rings. The zero-order valence-corrected chi connectivity index (χ0v) is 19.8. The second kappa shape index (κ2) is 9.14. The lowest BCUT2D eigenvalue weighted by Crippen LogP contribution is -2.19. The van der Waals surface area contributed by atoms with Gasteiger partial charge in [0.15, 0.2) is 0 Å². The Bertz CT molecular complexity index is 1650. The molecule has 0 radical (unpaired) electrons. The highest BCUT2D eigenvalue weighted by atomic mass is 35.5. The highest BCUT2D eigenvalue weighted by Gasteiger charge is 2.24. The molecule has 0 atom stereocenters. The van der Waals surface area contributed by atoms with Crippen LogP contribution in [0.5, 0.6) is 11.6 Å². The number of hydrogen-bond donors (Lipinski definition) is 0. The topological polar surface area (TPSA) is 102 Å². The number of aryl methyl sites for hydroxylation is 2. The van der Waals surface area contributed by atoms with Gasteiger partial charge in [-0.15, -0.1) is 0 Å². The quantitative estimate of drug-likeness (QED) is 0.360. The van der Waals surface area contributed by atoms with Gasteiger partial charge in [0, 0.05) is 11.2 Å². The maximum atomic E-state index is 13.3. The number of hydrogen-bond acceptors (Lipinski definition) is 6. The summed E-state index contributed by atoms with van der Waals surface area (Å²) in [4.78, 5) is 17.0. The van der Waals surface area contributed by atoms with Crippen LogP contribution in [0.25, 0.3) is 11.7 Å². The summed E-state index contributed by atoms with van der Waals surface area (Å²) in [6, 6.07) is 17.6. The number of rotatable bonds is 5. The van der Waals surface area contributed by atoms with Gasteiger partial charge in [0.2, 0.25) is 15.7 Å². The number of pyridine rings is 1. The van der Waals surface area contributed by atoms with Crippen LogP contribution >= 0.6 is 11.6 Å². The molecule has 0 bridgehead atoms. The molecule has 0 aliphatic heterocycles. The Morgan fingerprint density at radius 2 is 1.85 bits per heavy atom. The van der Waals surface area contributed by atoms with Crippen molar-refractivity contribution in [2.45, 2.75) is 18.7 Å². The number of nitriles is 1. The highest BCUT2D eigenvalue weighted by molar-refractivity contribution is 7.95. The van der Waals surface area contributed by atoms with Crippen molar-refractivity contribution < 1.29 is 13.2 Å². The van der Waals surface area contributed by atoms with E-state index in [4.69, 9.17) is 16.3 Å². The summed E-state index contributed by atoms with van der Waals surface area (Å²) in [7, 11) is -4.23. The summed E-state index contributed by atoms with van der Waals surface area (Å²) < 4.78 is 33.5. The third-order valence-electron chi connectivity index (χ3n) is 5.07. The van der Waals surface area contributed by atoms with Gasteiger partial charge in [-0.1, -0.05) is 35.4 Å². The first-order valence-electron chi connectivity index (χ1n) is 10.1. The van der Waals surface area contributed by atoms with Gasteiger partial charge in [-0.05, 0) is 68.0 Å². The van der Waals surface area contributed by atoms with Crippen LogP contribution in [0.1, 0.15) is 16.7 Å². The van der Waals surface area contributed by atoms with Gasteiger partial charge in [-0.25, -0.2) is 8.42 Å². The highest BCUT2D eigenvalue weighted by Crippen LogP contribution is 2.29. The molecule has 0 saturated heterocycles. The number of halogens is 1. The molecule has 2 heterocycles. The van der Waals surface area contributed by atoms with E-state index < -0.39 is 20.3 Å². The molecule has 0 saturated carbocycles. The molecular weight excluding hydrogens is 474 g/mol. The predicted octanol–water partition coefficient (Wildman–Crippen LogP) is 5.10. The van der Waals surface area contributed by atoms with Crippen molar-refractivity contribution in [1.29, 1.82) is 5.26 Å². The zero-order chi connectivity index (χ0) is 24.5. The Kier molecular flexibility index (Phi) is 6.24. The number of sulfone groups is 1. The zero-order valence-electron chi connectivity index (χ0n) is 18.2. The Labute approximate surface area is 201 Å². The Hall–Kier alpha value is -3.93. The van der Waals surface area contributed by atoms with E-state index in [9.17, 15) is 18.5 Å². The third kappa shape index (κ3) is 4.44. The van der Waals surface area contributed by atoms with Gasteiger partial charge in [-0.3, -0.25) is 9.20 Å². The predicted molar refractivity (Wildman–Crippen MR) is 130 cm³/mol. The van der Waals surface area contributed by atoms with Crippen LogP contribution in [-0.4, -0.2) is 17.8 Å². The van der Waals surface area contributed by atoms with Gasteiger partial charge in [-0.2, -0.15) is 10.2 Å². The van der Waals surface area contributed by atoms with Crippen LogP contribution in [0.4, 0.5) is 0 Å². The number of fused-ring (bicyclic) bond motifs is 1. The molecule has 170 valence electrons. The average molecular weight is 492 g/mol. The van der Waals surface area contributed by atoms with Crippen LogP contribution in [0, 0.1) is 25.2 Å². The third-order valence-corrected chi connectivity index (χ3v) is 7.00. The molecule has 0 aliphatic carbocycles. The van der Waals surface area contributed by atoms with E-state index in [0.717, 1.165) is 17.2 Å². The van der Waals surface area contributed by atoms with Crippen molar-refractivity contribution in [2.75, 3.05) is 0 Å². The van der Waals surface area contributed by atoms with Crippen molar-refractivity contribution in [2.24, 2.45) is 0 Å². The smallest absolute Gasteiger partial charge is 0.269 e. The number of nitrogens with zero attached hydrogens (tertiary/aromatic N) is 3. The summed E-state index contributed by atoms with van der Waals surface area (Å²) in [5.74, 6) is 0.341. The van der Waals surface area contributed by atoms with E-state index in [2.05, 4.69) is 4.98 Å². The van der Waals surface area contributed by atoms with Crippen molar-refractivity contribution in [3.05, 3.63) is 104 Å². The monoisotopic (exact) mass is 491 g/mol. The summed E-state index contributed by atoms with van der Waals surface area (Å²) >= 11 is 5.86. The van der Waals surface area contributed by atoms with E-state index in [0.29, 0.717) is 16.4 Å². The first-order valence-corrected chi connectivity index (χ1v) is 12.0. The molecule has 34 heavy (non-hydrogen) atoms. The summed E-state index contributed by atoms with van der Waals surface area (Å²) in [6.45, 7) is 3.78. The van der Waals surface area contributed by atoms with Crippen LogP contribution in [0.15, 0.2) is 81.5 Å². The average Bonchev–Trinajstić information content (AvgIpc) is 2.81. The lowest BCUT2D eigenvalue weighted by Gasteiger charge is -2.12. The Balaban J connectivity index is 1.94. The Morgan fingerprint density at radius 3 is 2.53 bits per heavy atom. The molecule has 9 heteroatoms. The van der Waals surface area contributed by atoms with Gasteiger partial charge in [0.1, 0.15) is 27.9 Å². The van der Waals surface area contributed by atoms with E-state index in [1.165, 1.54) is 34.9 Å².